The van der Waals surface area contributed by atoms with E-state index in [-0.39, 0.29) is 24.0 Å². The SMILES string of the molecule is CCC1(CO)CCN(C(C)C(=O)N(C)Cc2ccccc2)CC1. The second kappa shape index (κ2) is 7.93. The van der Waals surface area contributed by atoms with Gasteiger partial charge in [-0.25, -0.2) is 0 Å². The van der Waals surface area contributed by atoms with Gasteiger partial charge in [-0.15, -0.1) is 0 Å². The Morgan fingerprint density at radius 1 is 1.30 bits per heavy atom. The minimum Gasteiger partial charge on any atom is -0.396 e. The monoisotopic (exact) mass is 318 g/mol. The molecule has 1 aromatic carbocycles. The normalized spacial score (nSPS) is 19.3. The molecule has 1 saturated heterocycles. The number of aliphatic hydroxyl groups is 1. The summed E-state index contributed by atoms with van der Waals surface area (Å²) in [4.78, 5) is 16.8. The van der Waals surface area contributed by atoms with Crippen molar-refractivity contribution in [3.63, 3.8) is 0 Å². The van der Waals surface area contributed by atoms with Gasteiger partial charge in [0.25, 0.3) is 0 Å². The number of amides is 1. The van der Waals surface area contributed by atoms with Crippen molar-refractivity contribution in [3.05, 3.63) is 35.9 Å². The first-order valence-electron chi connectivity index (χ1n) is 8.65. The maximum absolute atomic E-state index is 12.7. The molecule has 1 unspecified atom stereocenters. The average molecular weight is 318 g/mol. The van der Waals surface area contributed by atoms with E-state index in [1.165, 1.54) is 0 Å². The molecule has 1 aromatic rings. The molecule has 0 bridgehead atoms. The van der Waals surface area contributed by atoms with Gasteiger partial charge >= 0.3 is 0 Å². The van der Waals surface area contributed by atoms with Crippen molar-refractivity contribution in [2.75, 3.05) is 26.7 Å². The highest BCUT2D eigenvalue weighted by molar-refractivity contribution is 5.81. The molecule has 1 aliphatic rings. The minimum atomic E-state index is -0.0998. The third-order valence-electron chi connectivity index (χ3n) is 5.49. The van der Waals surface area contributed by atoms with Gasteiger partial charge in [-0.1, -0.05) is 37.3 Å². The van der Waals surface area contributed by atoms with Crippen molar-refractivity contribution in [1.29, 1.82) is 0 Å². The van der Waals surface area contributed by atoms with Gasteiger partial charge in [-0.2, -0.15) is 0 Å². The molecule has 1 N–H and O–H groups in total. The van der Waals surface area contributed by atoms with E-state index in [1.54, 1.807) is 0 Å². The van der Waals surface area contributed by atoms with E-state index >= 15 is 0 Å². The molecule has 1 fully saturated rings. The third-order valence-corrected chi connectivity index (χ3v) is 5.49. The number of likely N-dealkylation sites (tertiary alicyclic amines) is 1. The zero-order chi connectivity index (χ0) is 16.9. The number of aliphatic hydroxyl groups excluding tert-OH is 1. The Kier molecular flexibility index (Phi) is 6.19. The molecule has 0 spiro atoms. The van der Waals surface area contributed by atoms with Gasteiger partial charge < -0.3 is 10.0 Å². The van der Waals surface area contributed by atoms with Crippen molar-refractivity contribution >= 4 is 5.91 Å². The molecule has 0 aromatic heterocycles. The average Bonchev–Trinajstić information content (AvgIpc) is 2.61. The second-order valence-electron chi connectivity index (χ2n) is 6.90. The fraction of sp³-hybridized carbons (Fsp3) is 0.632. The van der Waals surface area contributed by atoms with Crippen molar-refractivity contribution < 1.29 is 9.90 Å². The fourth-order valence-electron chi connectivity index (χ4n) is 3.42. The minimum absolute atomic E-state index is 0.0647. The molecule has 1 heterocycles. The van der Waals surface area contributed by atoms with Crippen LogP contribution >= 0.6 is 0 Å². The van der Waals surface area contributed by atoms with Crippen LogP contribution in [0.15, 0.2) is 30.3 Å². The van der Waals surface area contributed by atoms with Gasteiger partial charge in [0.15, 0.2) is 0 Å². The first kappa shape index (κ1) is 18.0. The summed E-state index contributed by atoms with van der Waals surface area (Å²) in [6.45, 7) is 6.83. The molecule has 1 aliphatic heterocycles. The van der Waals surface area contributed by atoms with Gasteiger partial charge in [0.05, 0.1) is 6.04 Å². The highest BCUT2D eigenvalue weighted by Gasteiger charge is 2.35. The lowest BCUT2D eigenvalue weighted by Gasteiger charge is -2.42. The molecular formula is C19H30N2O2. The fourth-order valence-corrected chi connectivity index (χ4v) is 3.42. The quantitative estimate of drug-likeness (QED) is 0.876. The van der Waals surface area contributed by atoms with E-state index in [1.807, 2.05) is 49.2 Å². The number of nitrogens with zero attached hydrogens (tertiary/aromatic N) is 2. The lowest BCUT2D eigenvalue weighted by Crippen LogP contribution is -2.51. The predicted octanol–water partition coefficient (Wildman–Crippen LogP) is 2.52. The predicted molar refractivity (Wildman–Crippen MR) is 93.0 cm³/mol. The van der Waals surface area contributed by atoms with E-state index < -0.39 is 0 Å². The van der Waals surface area contributed by atoms with Crippen molar-refractivity contribution in [2.24, 2.45) is 5.41 Å². The zero-order valence-corrected chi connectivity index (χ0v) is 14.7. The molecule has 0 radical (unpaired) electrons. The smallest absolute Gasteiger partial charge is 0.239 e. The number of carbonyl (C=O) groups excluding carboxylic acids is 1. The Labute approximate surface area is 140 Å². The summed E-state index contributed by atoms with van der Waals surface area (Å²) in [6, 6.07) is 9.99. The van der Waals surface area contributed by atoms with Gasteiger partial charge in [0.1, 0.15) is 0 Å². The summed E-state index contributed by atoms with van der Waals surface area (Å²) < 4.78 is 0. The molecule has 2 rings (SSSR count). The Hall–Kier alpha value is -1.39. The molecule has 0 saturated carbocycles. The summed E-state index contributed by atoms with van der Waals surface area (Å²) >= 11 is 0. The molecular weight excluding hydrogens is 288 g/mol. The summed E-state index contributed by atoms with van der Waals surface area (Å²) in [5.41, 5.74) is 1.22. The Morgan fingerprint density at radius 3 is 2.43 bits per heavy atom. The van der Waals surface area contributed by atoms with Crippen LogP contribution in [-0.4, -0.2) is 53.6 Å². The Bertz CT molecular complexity index is 489. The summed E-state index contributed by atoms with van der Waals surface area (Å²) in [5, 5.41) is 9.63. The van der Waals surface area contributed by atoms with Crippen LogP contribution in [0.1, 0.15) is 38.7 Å². The highest BCUT2D eigenvalue weighted by Crippen LogP contribution is 2.34. The number of likely N-dealkylation sites (N-methyl/N-ethyl adjacent to an activating group) is 1. The van der Waals surface area contributed by atoms with Crippen LogP contribution in [0.5, 0.6) is 0 Å². The Morgan fingerprint density at radius 2 is 1.91 bits per heavy atom. The molecule has 1 amide bonds. The van der Waals surface area contributed by atoms with E-state index in [0.717, 1.165) is 37.9 Å². The van der Waals surface area contributed by atoms with Crippen LogP contribution in [0, 0.1) is 5.41 Å². The van der Waals surface area contributed by atoms with Gasteiger partial charge in [0.2, 0.25) is 5.91 Å². The second-order valence-corrected chi connectivity index (χ2v) is 6.90. The van der Waals surface area contributed by atoms with Crippen LogP contribution < -0.4 is 0 Å². The summed E-state index contributed by atoms with van der Waals surface area (Å²) in [6.07, 6.45) is 2.95. The lowest BCUT2D eigenvalue weighted by atomic mass is 9.76. The number of piperidine rings is 1. The molecule has 0 aliphatic carbocycles. The number of carbonyl (C=O) groups is 1. The standard InChI is InChI=1S/C19H30N2O2/c1-4-19(15-22)10-12-21(13-11-19)16(2)18(23)20(3)14-17-8-6-5-7-9-17/h5-9,16,22H,4,10-15H2,1-3H3. The van der Waals surface area contributed by atoms with Crippen molar-refractivity contribution in [2.45, 2.75) is 45.7 Å². The van der Waals surface area contributed by atoms with Crippen LogP contribution in [-0.2, 0) is 11.3 Å². The number of hydrogen-bond donors (Lipinski definition) is 1. The molecule has 128 valence electrons. The van der Waals surface area contributed by atoms with E-state index in [0.29, 0.717) is 6.54 Å². The van der Waals surface area contributed by atoms with Crippen LogP contribution in [0.25, 0.3) is 0 Å². The molecule has 23 heavy (non-hydrogen) atoms. The van der Waals surface area contributed by atoms with E-state index in [9.17, 15) is 9.90 Å². The summed E-state index contributed by atoms with van der Waals surface area (Å²) in [7, 11) is 1.87. The van der Waals surface area contributed by atoms with E-state index in [4.69, 9.17) is 0 Å². The molecule has 4 heteroatoms. The zero-order valence-electron chi connectivity index (χ0n) is 14.7. The van der Waals surface area contributed by atoms with Gasteiger partial charge in [0, 0.05) is 20.2 Å². The maximum Gasteiger partial charge on any atom is 0.239 e. The largest absolute Gasteiger partial charge is 0.396 e. The van der Waals surface area contributed by atoms with Gasteiger partial charge in [-0.05, 0) is 50.3 Å². The number of hydrogen-bond acceptors (Lipinski definition) is 3. The lowest BCUT2D eigenvalue weighted by molar-refractivity contribution is -0.136. The van der Waals surface area contributed by atoms with E-state index in [2.05, 4.69) is 11.8 Å². The summed E-state index contributed by atoms with van der Waals surface area (Å²) in [5.74, 6) is 0.168. The highest BCUT2D eigenvalue weighted by atomic mass is 16.3. The molecule has 4 nitrogen and oxygen atoms in total. The van der Waals surface area contributed by atoms with Crippen molar-refractivity contribution in [3.8, 4) is 0 Å². The van der Waals surface area contributed by atoms with Crippen LogP contribution in [0.2, 0.25) is 0 Å². The van der Waals surface area contributed by atoms with Crippen LogP contribution in [0.4, 0.5) is 0 Å². The first-order valence-corrected chi connectivity index (χ1v) is 8.65. The Balaban J connectivity index is 1.90. The number of benzene rings is 1. The third kappa shape index (κ3) is 4.33. The van der Waals surface area contributed by atoms with Gasteiger partial charge in [-0.3, -0.25) is 9.69 Å². The van der Waals surface area contributed by atoms with Crippen LogP contribution in [0.3, 0.4) is 0 Å². The number of rotatable bonds is 6. The topological polar surface area (TPSA) is 43.8 Å². The maximum atomic E-state index is 12.7. The first-order chi connectivity index (χ1) is 11.0. The van der Waals surface area contributed by atoms with Crippen molar-refractivity contribution in [1.82, 2.24) is 9.80 Å². The molecule has 1 atom stereocenters.